The molecule has 0 atom stereocenters. The van der Waals surface area contributed by atoms with Crippen LogP contribution in [0.3, 0.4) is 0 Å². The van der Waals surface area contributed by atoms with Crippen molar-refractivity contribution < 1.29 is 43.3 Å². The maximum Gasteiger partial charge on any atom is 0.543 e. The summed E-state index contributed by atoms with van der Waals surface area (Å²) < 4.78 is 21.0. The van der Waals surface area contributed by atoms with E-state index in [1.54, 1.807) is 0 Å². The highest BCUT2D eigenvalue weighted by Crippen LogP contribution is 2.40. The van der Waals surface area contributed by atoms with Crippen LogP contribution in [-0.2, 0) is 19.6 Å². The zero-order valence-electron chi connectivity index (χ0n) is 19.2. The molecule has 1 saturated carbocycles. The number of rotatable bonds is 7. The van der Waals surface area contributed by atoms with Gasteiger partial charge in [-0.2, -0.15) is 0 Å². The molecule has 32 heavy (non-hydrogen) atoms. The van der Waals surface area contributed by atoms with Crippen LogP contribution in [0.25, 0.3) is 0 Å². The van der Waals surface area contributed by atoms with Crippen LogP contribution in [0.1, 0.15) is 81.0 Å². The van der Waals surface area contributed by atoms with Gasteiger partial charge in [0.25, 0.3) is 0 Å². The average molecular weight is 455 g/mol. The number of carbonyl (C=O) groups is 2. The highest BCUT2D eigenvalue weighted by molar-refractivity contribution is 5.93. The Hall–Kier alpha value is -2.68. The molecule has 1 aromatic rings. The van der Waals surface area contributed by atoms with Gasteiger partial charge in [0.15, 0.2) is 11.5 Å². The first-order valence-electron chi connectivity index (χ1n) is 11.2. The largest absolute Gasteiger partial charge is 0.543 e. The van der Waals surface area contributed by atoms with E-state index in [-0.39, 0.29) is 23.2 Å². The van der Waals surface area contributed by atoms with Gasteiger partial charge in [0, 0.05) is 0 Å². The van der Waals surface area contributed by atoms with Gasteiger partial charge in [-0.15, -0.1) is 0 Å². The molecular formula is C23H34O9. The van der Waals surface area contributed by atoms with E-state index in [9.17, 15) is 9.59 Å². The second-order valence-corrected chi connectivity index (χ2v) is 7.65. The molecule has 1 aliphatic carbocycles. The van der Waals surface area contributed by atoms with E-state index in [2.05, 4.69) is 14.8 Å². The molecule has 0 N–H and O–H groups in total. The van der Waals surface area contributed by atoms with E-state index < -0.39 is 12.1 Å². The Labute approximate surface area is 189 Å². The zero-order valence-corrected chi connectivity index (χ0v) is 19.2. The number of carbonyl (C=O) groups excluding carboxylic acids is 2. The summed E-state index contributed by atoms with van der Waals surface area (Å²) in [5.41, 5.74) is 0.00133. The monoisotopic (exact) mass is 454 g/mol. The van der Waals surface area contributed by atoms with Crippen molar-refractivity contribution in [1.82, 2.24) is 0 Å². The van der Waals surface area contributed by atoms with E-state index in [0.29, 0.717) is 5.75 Å². The molecule has 1 fully saturated rings. The quantitative estimate of drug-likeness (QED) is 0.298. The van der Waals surface area contributed by atoms with Gasteiger partial charge in [-0.1, -0.05) is 44.9 Å². The van der Waals surface area contributed by atoms with Crippen LogP contribution in [0.5, 0.6) is 17.2 Å². The third kappa shape index (κ3) is 8.11. The molecule has 0 aromatic heterocycles. The molecule has 9 nitrogen and oxygen atoms in total. The van der Waals surface area contributed by atoms with Crippen molar-refractivity contribution in [3.05, 3.63) is 17.7 Å². The Morgan fingerprint density at radius 3 is 1.81 bits per heavy atom. The van der Waals surface area contributed by atoms with Crippen LogP contribution >= 0.6 is 0 Å². The third-order valence-electron chi connectivity index (χ3n) is 5.45. The Morgan fingerprint density at radius 1 is 0.719 bits per heavy atom. The molecule has 0 heterocycles. The van der Waals surface area contributed by atoms with Crippen LogP contribution in [-0.4, -0.2) is 39.6 Å². The average Bonchev–Trinajstić information content (AvgIpc) is 2.79. The minimum absolute atomic E-state index is 0.00133. The first-order chi connectivity index (χ1) is 15.6. The van der Waals surface area contributed by atoms with E-state index in [4.69, 9.17) is 18.9 Å². The van der Waals surface area contributed by atoms with Crippen LogP contribution in [0, 0.1) is 0 Å². The molecule has 0 aliphatic heterocycles. The second-order valence-electron chi connectivity index (χ2n) is 7.65. The van der Waals surface area contributed by atoms with Gasteiger partial charge in [-0.25, -0.2) is 14.5 Å². The normalized spacial score (nSPS) is 16.1. The summed E-state index contributed by atoms with van der Waals surface area (Å²) in [5.74, 6) is -0.260. The van der Waals surface area contributed by atoms with E-state index >= 15 is 0 Å². The molecule has 0 saturated heterocycles. The fraction of sp³-hybridized carbons (Fsp3) is 0.652. The van der Waals surface area contributed by atoms with E-state index in [1.165, 1.54) is 65.6 Å². The minimum Gasteiger partial charge on any atom is -0.493 e. The molecule has 0 bridgehead atoms. The van der Waals surface area contributed by atoms with Crippen molar-refractivity contribution in [3.8, 4) is 17.2 Å². The third-order valence-corrected chi connectivity index (χ3v) is 5.45. The van der Waals surface area contributed by atoms with E-state index in [1.807, 2.05) is 0 Å². The van der Waals surface area contributed by atoms with Crippen molar-refractivity contribution >= 4 is 12.1 Å². The maximum atomic E-state index is 12.3. The van der Waals surface area contributed by atoms with Gasteiger partial charge in [0.1, 0.15) is 11.7 Å². The molecule has 1 aromatic carbocycles. The molecule has 9 heteroatoms. The molecule has 2 rings (SSSR count). The predicted octanol–water partition coefficient (Wildman–Crippen LogP) is 5.54. The Balaban J connectivity index is 1.84. The topological polar surface area (TPSA) is 98.8 Å². The summed E-state index contributed by atoms with van der Waals surface area (Å²) in [6.07, 6.45) is 10.7. The molecule has 0 unspecified atom stereocenters. The highest BCUT2D eigenvalue weighted by atomic mass is 17.5. The maximum absolute atomic E-state index is 12.3. The number of hydrogen-bond acceptors (Lipinski definition) is 9. The SMILES string of the molecule is COc1ccc(C(=O)OOOC(=O)OC2CCCCCCCCCCC2)c(OC)c1OC. The van der Waals surface area contributed by atoms with Crippen molar-refractivity contribution in [2.75, 3.05) is 21.3 Å². The molecule has 0 radical (unpaired) electrons. The lowest BCUT2D eigenvalue weighted by Crippen LogP contribution is -2.20. The summed E-state index contributed by atoms with van der Waals surface area (Å²) in [5, 5.41) is 4.37. The van der Waals surface area contributed by atoms with Crippen LogP contribution in [0.2, 0.25) is 0 Å². The van der Waals surface area contributed by atoms with Gasteiger partial charge in [0.05, 0.1) is 26.4 Å². The summed E-state index contributed by atoms with van der Waals surface area (Å²) in [6.45, 7) is 0. The lowest BCUT2D eigenvalue weighted by molar-refractivity contribution is -0.453. The standard InChI is InChI=1S/C23H34O9/c1-26-19-16-15-18(20(27-2)21(19)28-3)22(24)30-32-31-23(25)29-17-13-11-9-7-5-4-6-8-10-12-14-17/h15-17H,4-14H2,1-3H3. The lowest BCUT2D eigenvalue weighted by atomic mass is 9.99. The van der Waals surface area contributed by atoms with Crippen molar-refractivity contribution in [2.45, 2.75) is 76.7 Å². The van der Waals surface area contributed by atoms with Crippen molar-refractivity contribution in [1.29, 1.82) is 0 Å². The highest BCUT2D eigenvalue weighted by Gasteiger charge is 2.24. The Bertz CT molecular complexity index is 708. The second kappa shape index (κ2) is 14.4. The summed E-state index contributed by atoms with van der Waals surface area (Å²) in [6, 6.07) is 2.92. The molecule has 180 valence electrons. The zero-order chi connectivity index (χ0) is 23.2. The van der Waals surface area contributed by atoms with Gasteiger partial charge in [0.2, 0.25) is 5.75 Å². The smallest absolute Gasteiger partial charge is 0.493 e. The van der Waals surface area contributed by atoms with Gasteiger partial charge < -0.3 is 18.9 Å². The number of methoxy groups -OCH3 is 3. The van der Waals surface area contributed by atoms with Crippen LogP contribution < -0.4 is 14.2 Å². The minimum atomic E-state index is -1.05. The fourth-order valence-electron chi connectivity index (χ4n) is 3.78. The summed E-state index contributed by atoms with van der Waals surface area (Å²) >= 11 is 0. The van der Waals surface area contributed by atoms with Gasteiger partial charge in [-0.05, 0) is 37.8 Å². The summed E-state index contributed by atoms with van der Waals surface area (Å²) in [7, 11) is 4.24. The molecule has 0 amide bonds. The molecular weight excluding hydrogens is 420 g/mol. The lowest BCUT2D eigenvalue weighted by Gasteiger charge is -2.17. The fourth-order valence-corrected chi connectivity index (χ4v) is 3.78. The Kier molecular flexibility index (Phi) is 11.5. The van der Waals surface area contributed by atoms with Gasteiger partial charge >= 0.3 is 12.1 Å². The summed E-state index contributed by atoms with van der Waals surface area (Å²) in [4.78, 5) is 33.4. The number of benzene rings is 1. The van der Waals surface area contributed by atoms with Crippen LogP contribution in [0.15, 0.2) is 12.1 Å². The van der Waals surface area contributed by atoms with Gasteiger partial charge in [-0.3, -0.25) is 4.89 Å². The van der Waals surface area contributed by atoms with Crippen molar-refractivity contribution in [3.63, 3.8) is 0 Å². The number of ether oxygens (including phenoxy) is 4. The predicted molar refractivity (Wildman–Crippen MR) is 115 cm³/mol. The first-order valence-corrected chi connectivity index (χ1v) is 11.2. The van der Waals surface area contributed by atoms with Crippen molar-refractivity contribution in [2.24, 2.45) is 0 Å². The molecule has 0 spiro atoms. The van der Waals surface area contributed by atoms with E-state index in [0.717, 1.165) is 38.5 Å². The Morgan fingerprint density at radius 2 is 1.28 bits per heavy atom. The van der Waals surface area contributed by atoms with Crippen LogP contribution in [0.4, 0.5) is 4.79 Å². The first kappa shape index (κ1) is 25.6. The molecule has 1 aliphatic rings. The number of hydrogen-bond donors (Lipinski definition) is 0.